The highest BCUT2D eigenvalue weighted by molar-refractivity contribution is 6.08. The Kier molecular flexibility index (Phi) is 6.11. The van der Waals surface area contributed by atoms with E-state index in [0.717, 1.165) is 7.11 Å². The number of carbonyl (C=O) groups excluding carboxylic acids is 4. The molecule has 1 heterocycles. The number of carbonyl (C=O) groups is 4. The van der Waals surface area contributed by atoms with E-state index in [-0.39, 0.29) is 13.0 Å². The Labute approximate surface area is 152 Å². The van der Waals surface area contributed by atoms with Crippen molar-refractivity contribution in [1.29, 1.82) is 0 Å². The van der Waals surface area contributed by atoms with Gasteiger partial charge >= 0.3 is 24.1 Å². The van der Waals surface area contributed by atoms with Crippen LogP contribution in [-0.2, 0) is 28.5 Å². The summed E-state index contributed by atoms with van der Waals surface area (Å²) in [6.45, 7) is 9.49. The van der Waals surface area contributed by atoms with Crippen molar-refractivity contribution in [2.75, 3.05) is 13.7 Å². The van der Waals surface area contributed by atoms with E-state index in [2.05, 4.69) is 10.2 Å². The zero-order chi connectivity index (χ0) is 20.3. The van der Waals surface area contributed by atoms with Gasteiger partial charge in [0.05, 0.1) is 13.7 Å². The number of rotatable bonds is 2. The molecule has 10 nitrogen and oxygen atoms in total. The molecule has 148 valence electrons. The first kappa shape index (κ1) is 21.5. The van der Waals surface area contributed by atoms with Crippen molar-refractivity contribution in [3.63, 3.8) is 0 Å². The number of amides is 2. The van der Waals surface area contributed by atoms with Crippen molar-refractivity contribution in [3.8, 4) is 0 Å². The van der Waals surface area contributed by atoms with Gasteiger partial charge in [0.25, 0.3) is 5.54 Å². The number of nitrogens with zero attached hydrogens (tertiary/aromatic N) is 1. The molecule has 1 fully saturated rings. The Bertz CT molecular complexity index is 590. The van der Waals surface area contributed by atoms with E-state index in [9.17, 15) is 19.2 Å². The van der Waals surface area contributed by atoms with E-state index < -0.39 is 40.9 Å². The van der Waals surface area contributed by atoms with Crippen LogP contribution in [0.3, 0.4) is 0 Å². The van der Waals surface area contributed by atoms with E-state index in [1.165, 1.54) is 0 Å². The predicted octanol–water partition coefficient (Wildman–Crippen LogP) is 1.52. The van der Waals surface area contributed by atoms with Crippen LogP contribution in [0.15, 0.2) is 0 Å². The molecule has 0 saturated carbocycles. The molecule has 1 aliphatic rings. The zero-order valence-corrected chi connectivity index (χ0v) is 16.1. The van der Waals surface area contributed by atoms with E-state index in [0.29, 0.717) is 5.01 Å². The summed E-state index contributed by atoms with van der Waals surface area (Å²) in [5.74, 6) is -2.10. The Morgan fingerprint density at radius 1 is 1.08 bits per heavy atom. The fraction of sp³-hybridized carbons (Fsp3) is 0.750. The summed E-state index contributed by atoms with van der Waals surface area (Å²) in [5.41, 5.74) is -1.91. The van der Waals surface area contributed by atoms with E-state index >= 15 is 0 Å². The number of hydrogen-bond donors (Lipinski definition) is 1. The molecular formula is C16H26N2O8. The van der Waals surface area contributed by atoms with Gasteiger partial charge in [-0.25, -0.2) is 24.6 Å². The predicted molar refractivity (Wildman–Crippen MR) is 87.8 cm³/mol. The quantitative estimate of drug-likeness (QED) is 0.334. The lowest BCUT2D eigenvalue weighted by Crippen LogP contribution is -2.67. The summed E-state index contributed by atoms with van der Waals surface area (Å²) < 4.78 is 19.8. The van der Waals surface area contributed by atoms with Crippen LogP contribution in [0.25, 0.3) is 0 Å². The van der Waals surface area contributed by atoms with Crippen LogP contribution < -0.4 is 5.43 Å². The van der Waals surface area contributed by atoms with Gasteiger partial charge in [0.15, 0.2) is 0 Å². The van der Waals surface area contributed by atoms with Crippen molar-refractivity contribution >= 4 is 24.1 Å². The highest BCUT2D eigenvalue weighted by Gasteiger charge is 2.61. The van der Waals surface area contributed by atoms with Crippen molar-refractivity contribution in [3.05, 3.63) is 0 Å². The third-order valence-electron chi connectivity index (χ3n) is 3.12. The van der Waals surface area contributed by atoms with Gasteiger partial charge in [0.2, 0.25) is 0 Å². The largest absolute Gasteiger partial charge is 0.467 e. The van der Waals surface area contributed by atoms with Crippen LogP contribution in [0, 0.1) is 0 Å². The minimum absolute atomic E-state index is 0.136. The molecule has 1 atom stereocenters. The van der Waals surface area contributed by atoms with Crippen LogP contribution in [0.1, 0.15) is 48.0 Å². The first-order valence-electron chi connectivity index (χ1n) is 8.01. The summed E-state index contributed by atoms with van der Waals surface area (Å²) in [4.78, 5) is 49.5. The first-order chi connectivity index (χ1) is 11.7. The van der Waals surface area contributed by atoms with Gasteiger partial charge in [-0.1, -0.05) is 0 Å². The van der Waals surface area contributed by atoms with Crippen LogP contribution in [0.4, 0.5) is 9.59 Å². The average Bonchev–Trinajstić information content (AvgIpc) is 2.82. The van der Waals surface area contributed by atoms with E-state index in [1.54, 1.807) is 41.5 Å². The first-order valence-corrected chi connectivity index (χ1v) is 8.01. The maximum Gasteiger partial charge on any atom is 0.430 e. The highest BCUT2D eigenvalue weighted by atomic mass is 16.6. The minimum atomic E-state index is -2.20. The van der Waals surface area contributed by atoms with Crippen molar-refractivity contribution in [2.45, 2.75) is 64.7 Å². The molecule has 1 N–H and O–H groups in total. The fourth-order valence-corrected chi connectivity index (χ4v) is 2.16. The Morgan fingerprint density at radius 3 is 2.00 bits per heavy atom. The molecule has 1 aliphatic heterocycles. The van der Waals surface area contributed by atoms with Crippen molar-refractivity contribution in [1.82, 2.24) is 10.4 Å². The van der Waals surface area contributed by atoms with Gasteiger partial charge in [-0.3, -0.25) is 0 Å². The molecule has 1 saturated heterocycles. The summed E-state index contributed by atoms with van der Waals surface area (Å²) in [7, 11) is 1.05. The summed E-state index contributed by atoms with van der Waals surface area (Å²) in [6.07, 6.45) is -2.40. The molecule has 2 amide bonds. The Hall–Kier alpha value is -2.52. The number of cyclic esters (lactones) is 1. The van der Waals surface area contributed by atoms with Gasteiger partial charge in [0, 0.05) is 6.42 Å². The second kappa shape index (κ2) is 7.38. The molecule has 0 aromatic heterocycles. The number of esters is 2. The molecule has 0 radical (unpaired) electrons. The van der Waals surface area contributed by atoms with Gasteiger partial charge in [0.1, 0.15) is 11.2 Å². The zero-order valence-electron chi connectivity index (χ0n) is 16.1. The number of ether oxygens (including phenoxy) is 4. The smallest absolute Gasteiger partial charge is 0.430 e. The lowest BCUT2D eigenvalue weighted by Gasteiger charge is -2.36. The number of hydrazine groups is 1. The molecule has 0 spiro atoms. The second-order valence-corrected chi connectivity index (χ2v) is 7.67. The van der Waals surface area contributed by atoms with Crippen molar-refractivity contribution in [2.24, 2.45) is 0 Å². The monoisotopic (exact) mass is 374 g/mol. The fourth-order valence-electron chi connectivity index (χ4n) is 2.16. The molecule has 0 bridgehead atoms. The van der Waals surface area contributed by atoms with Gasteiger partial charge in [-0.05, 0) is 41.5 Å². The molecule has 1 rings (SSSR count). The van der Waals surface area contributed by atoms with E-state index in [1.807, 2.05) is 0 Å². The van der Waals surface area contributed by atoms with E-state index in [4.69, 9.17) is 14.2 Å². The number of methoxy groups -OCH3 is 1. The lowest BCUT2D eigenvalue weighted by molar-refractivity contribution is -0.167. The lowest BCUT2D eigenvalue weighted by atomic mass is 9.97. The third kappa shape index (κ3) is 4.99. The Balaban J connectivity index is 3.29. The topological polar surface area (TPSA) is 120 Å². The molecule has 10 heteroatoms. The summed E-state index contributed by atoms with van der Waals surface area (Å²) in [6, 6.07) is 0. The number of hydrogen-bond acceptors (Lipinski definition) is 8. The normalized spacial score (nSPS) is 20.0. The van der Waals surface area contributed by atoms with Gasteiger partial charge in [-0.15, -0.1) is 0 Å². The third-order valence-corrected chi connectivity index (χ3v) is 3.12. The molecular weight excluding hydrogens is 348 g/mol. The molecule has 26 heavy (non-hydrogen) atoms. The molecule has 1 unspecified atom stereocenters. The number of nitrogens with one attached hydrogen (secondary N) is 1. The minimum Gasteiger partial charge on any atom is -0.467 e. The van der Waals surface area contributed by atoms with Gasteiger partial charge in [-0.2, -0.15) is 5.01 Å². The molecule has 0 aromatic rings. The van der Waals surface area contributed by atoms with Crippen LogP contribution in [0.2, 0.25) is 0 Å². The second-order valence-electron chi connectivity index (χ2n) is 7.67. The van der Waals surface area contributed by atoms with Crippen LogP contribution >= 0.6 is 0 Å². The summed E-state index contributed by atoms with van der Waals surface area (Å²) in [5, 5.41) is 0.480. The average molecular weight is 374 g/mol. The summed E-state index contributed by atoms with van der Waals surface area (Å²) >= 11 is 0. The molecule has 0 aliphatic carbocycles. The highest BCUT2D eigenvalue weighted by Crippen LogP contribution is 2.30. The van der Waals surface area contributed by atoms with Crippen LogP contribution in [0.5, 0.6) is 0 Å². The van der Waals surface area contributed by atoms with Gasteiger partial charge < -0.3 is 18.9 Å². The Morgan fingerprint density at radius 2 is 1.62 bits per heavy atom. The van der Waals surface area contributed by atoms with Crippen molar-refractivity contribution < 1.29 is 38.1 Å². The standard InChI is InChI=1S/C16H26N2O8/c1-14(2,3)25-12(21)17-18(13(22)26-15(4,5)6)16(10(19)23-7)8-9-24-11(16)20/h8-9H2,1-7H3,(H,17,21). The molecule has 0 aromatic carbocycles. The maximum atomic E-state index is 12.6. The maximum absolute atomic E-state index is 12.6. The van der Waals surface area contributed by atoms with Crippen LogP contribution in [-0.4, -0.2) is 59.6 Å². The SMILES string of the molecule is COC(=O)C1(N(NC(=O)OC(C)(C)C)C(=O)OC(C)(C)C)CCOC1=O.